The van der Waals surface area contributed by atoms with Gasteiger partial charge in [-0.2, -0.15) is 0 Å². The molecule has 3 nitrogen and oxygen atoms in total. The number of hydrogen-bond donors (Lipinski definition) is 0. The normalized spacial score (nSPS) is 11.1. The van der Waals surface area contributed by atoms with Gasteiger partial charge in [-0.15, -0.1) is 22.7 Å². The zero-order chi connectivity index (χ0) is 14.3. The summed E-state index contributed by atoms with van der Waals surface area (Å²) in [6.07, 6.45) is 1.61. The highest BCUT2D eigenvalue weighted by Crippen LogP contribution is 2.34. The predicted molar refractivity (Wildman–Crippen MR) is 86.7 cm³/mol. The molecule has 0 aromatic carbocycles. The highest BCUT2D eigenvalue weighted by atomic mass is 32.1. The van der Waals surface area contributed by atoms with Crippen molar-refractivity contribution in [3.05, 3.63) is 51.2 Å². The number of nitrogens with zero attached hydrogens (tertiary/aromatic N) is 2. The lowest BCUT2D eigenvalue weighted by Crippen LogP contribution is -2.20. The molecule has 0 aliphatic rings. The fourth-order valence-corrected chi connectivity index (χ4v) is 3.99. The van der Waals surface area contributed by atoms with Crippen molar-refractivity contribution in [2.75, 3.05) is 0 Å². The molecule has 20 heavy (non-hydrogen) atoms. The minimum atomic E-state index is 0.0142. The smallest absolute Gasteiger partial charge is 0.263 e. The summed E-state index contributed by atoms with van der Waals surface area (Å²) in [4.78, 5) is 20.2. The molecule has 102 valence electrons. The van der Waals surface area contributed by atoms with E-state index in [4.69, 9.17) is 0 Å². The maximum atomic E-state index is 12.6. The van der Waals surface area contributed by atoms with E-state index in [1.165, 1.54) is 16.2 Å². The van der Waals surface area contributed by atoms with E-state index < -0.39 is 0 Å². The van der Waals surface area contributed by atoms with Crippen molar-refractivity contribution in [3.8, 4) is 10.4 Å². The molecule has 0 radical (unpaired) electrons. The number of aryl methyl sites for hydroxylation is 1. The molecule has 0 N–H and O–H groups in total. The van der Waals surface area contributed by atoms with Crippen LogP contribution in [0.3, 0.4) is 0 Å². The highest BCUT2D eigenvalue weighted by Gasteiger charge is 2.14. The van der Waals surface area contributed by atoms with Crippen LogP contribution >= 0.6 is 22.7 Å². The highest BCUT2D eigenvalue weighted by molar-refractivity contribution is 7.19. The van der Waals surface area contributed by atoms with E-state index in [1.54, 1.807) is 22.2 Å². The zero-order valence-corrected chi connectivity index (χ0v) is 13.0. The molecule has 0 aliphatic heterocycles. The summed E-state index contributed by atoms with van der Waals surface area (Å²) in [6.45, 7) is 8.36. The lowest BCUT2D eigenvalue weighted by molar-refractivity contribution is 0.739. The average Bonchev–Trinajstić information content (AvgIpc) is 2.98. The largest absolute Gasteiger partial charge is 0.295 e. The number of fused-ring (bicyclic) bond motifs is 1. The summed E-state index contributed by atoms with van der Waals surface area (Å²) in [5.41, 5.74) is 1.95. The van der Waals surface area contributed by atoms with Gasteiger partial charge in [0.1, 0.15) is 4.83 Å². The van der Waals surface area contributed by atoms with Gasteiger partial charge in [0.05, 0.1) is 11.7 Å². The minimum absolute atomic E-state index is 0.0142. The predicted octanol–water partition coefficient (Wildman–Crippen LogP) is 4.07. The number of hydrogen-bond acceptors (Lipinski definition) is 4. The van der Waals surface area contributed by atoms with Gasteiger partial charge >= 0.3 is 0 Å². The van der Waals surface area contributed by atoms with E-state index in [2.05, 4.69) is 30.6 Å². The van der Waals surface area contributed by atoms with Gasteiger partial charge in [0, 0.05) is 27.2 Å². The molecule has 0 bridgehead atoms. The number of thiophene rings is 2. The molecule has 0 aliphatic carbocycles. The average molecular weight is 302 g/mol. The Balaban J connectivity index is 2.24. The molecule has 3 aromatic rings. The summed E-state index contributed by atoms with van der Waals surface area (Å²) >= 11 is 3.22. The quantitative estimate of drug-likeness (QED) is 0.684. The summed E-state index contributed by atoms with van der Waals surface area (Å²) in [6, 6.07) is 4.14. The van der Waals surface area contributed by atoms with E-state index in [9.17, 15) is 4.79 Å². The van der Waals surface area contributed by atoms with Crippen molar-refractivity contribution in [3.63, 3.8) is 0 Å². The number of aromatic nitrogens is 2. The van der Waals surface area contributed by atoms with Crippen molar-refractivity contribution in [2.24, 2.45) is 0 Å². The van der Waals surface area contributed by atoms with Crippen molar-refractivity contribution < 1.29 is 0 Å². The number of allylic oxidation sites excluding steroid dienone is 1. The van der Waals surface area contributed by atoms with Gasteiger partial charge in [-0.3, -0.25) is 9.36 Å². The van der Waals surface area contributed by atoms with Crippen LogP contribution in [0.4, 0.5) is 0 Å². The Hall–Kier alpha value is -1.72. The van der Waals surface area contributed by atoms with Crippen LogP contribution in [0.5, 0.6) is 0 Å². The monoisotopic (exact) mass is 302 g/mol. The van der Waals surface area contributed by atoms with Crippen molar-refractivity contribution in [1.29, 1.82) is 0 Å². The first-order valence-electron chi connectivity index (χ1n) is 6.24. The van der Waals surface area contributed by atoms with E-state index in [-0.39, 0.29) is 5.56 Å². The molecule has 3 heterocycles. The van der Waals surface area contributed by atoms with E-state index in [1.807, 2.05) is 12.3 Å². The van der Waals surface area contributed by atoms with Gasteiger partial charge in [-0.25, -0.2) is 4.98 Å². The van der Waals surface area contributed by atoms with E-state index in [0.29, 0.717) is 6.54 Å². The van der Waals surface area contributed by atoms with Crippen LogP contribution in [0.2, 0.25) is 0 Å². The zero-order valence-electron chi connectivity index (χ0n) is 11.3. The standard InChI is InChI=1S/C15H14N2OS2/c1-9(2)6-17-8-16-14-13(15(17)18)11(7-19-14)12-5-4-10(3)20-12/h4-5,7-8H,1,6H2,2-3H3. The Morgan fingerprint density at radius 3 is 2.90 bits per heavy atom. The molecule has 3 rings (SSSR count). The van der Waals surface area contributed by atoms with Crippen LogP contribution in [0, 0.1) is 6.92 Å². The van der Waals surface area contributed by atoms with Crippen LogP contribution in [0.15, 0.2) is 40.8 Å². The molecule has 0 fully saturated rings. The van der Waals surface area contributed by atoms with Gasteiger partial charge in [-0.1, -0.05) is 12.2 Å². The third-order valence-corrected chi connectivity index (χ3v) is 4.93. The molecule has 0 saturated heterocycles. The first-order valence-corrected chi connectivity index (χ1v) is 7.93. The molecule has 0 spiro atoms. The number of rotatable bonds is 3. The molecular weight excluding hydrogens is 288 g/mol. The minimum Gasteiger partial charge on any atom is -0.295 e. The van der Waals surface area contributed by atoms with Crippen molar-refractivity contribution >= 4 is 32.9 Å². The Bertz CT molecular complexity index is 854. The van der Waals surface area contributed by atoms with Crippen LogP contribution in [0.1, 0.15) is 11.8 Å². The molecule has 0 atom stereocenters. The Morgan fingerprint density at radius 2 is 2.25 bits per heavy atom. The van der Waals surface area contributed by atoms with Crippen LogP contribution < -0.4 is 5.56 Å². The van der Waals surface area contributed by atoms with Crippen molar-refractivity contribution in [1.82, 2.24) is 9.55 Å². The van der Waals surface area contributed by atoms with Gasteiger partial charge in [0.2, 0.25) is 0 Å². The maximum absolute atomic E-state index is 12.6. The van der Waals surface area contributed by atoms with Crippen LogP contribution in [0.25, 0.3) is 20.7 Å². The summed E-state index contributed by atoms with van der Waals surface area (Å²) in [7, 11) is 0. The summed E-state index contributed by atoms with van der Waals surface area (Å²) in [5, 5.41) is 2.75. The van der Waals surface area contributed by atoms with Crippen molar-refractivity contribution in [2.45, 2.75) is 20.4 Å². The summed E-state index contributed by atoms with van der Waals surface area (Å²) < 4.78 is 1.63. The third kappa shape index (κ3) is 2.23. The molecule has 0 saturated carbocycles. The molecular formula is C15H14N2OS2. The fraction of sp³-hybridized carbons (Fsp3) is 0.200. The Labute approximate surface area is 124 Å². The van der Waals surface area contributed by atoms with Gasteiger partial charge in [-0.05, 0) is 26.0 Å². The Kier molecular flexibility index (Phi) is 3.31. The van der Waals surface area contributed by atoms with Gasteiger partial charge in [0.25, 0.3) is 5.56 Å². The molecule has 3 aromatic heterocycles. The molecule has 5 heteroatoms. The van der Waals surface area contributed by atoms with Gasteiger partial charge in [0.15, 0.2) is 0 Å². The molecule has 0 amide bonds. The Morgan fingerprint density at radius 1 is 1.45 bits per heavy atom. The topological polar surface area (TPSA) is 34.9 Å². The third-order valence-electron chi connectivity index (χ3n) is 3.01. The molecule has 0 unspecified atom stereocenters. The fourth-order valence-electron chi connectivity index (χ4n) is 2.13. The SMILES string of the molecule is C=C(C)Cn1cnc2scc(-c3ccc(C)s3)c2c1=O. The second-order valence-corrected chi connectivity index (χ2v) is 7.02. The summed E-state index contributed by atoms with van der Waals surface area (Å²) in [5.74, 6) is 0. The maximum Gasteiger partial charge on any atom is 0.263 e. The first-order chi connectivity index (χ1) is 9.56. The second kappa shape index (κ2) is 5.00. The van der Waals surface area contributed by atoms with Crippen LogP contribution in [-0.2, 0) is 6.54 Å². The van der Waals surface area contributed by atoms with Crippen LogP contribution in [-0.4, -0.2) is 9.55 Å². The van der Waals surface area contributed by atoms with E-state index >= 15 is 0 Å². The lowest BCUT2D eigenvalue weighted by atomic mass is 10.2. The van der Waals surface area contributed by atoms with E-state index in [0.717, 1.165) is 26.2 Å². The first kappa shape index (κ1) is 13.3. The lowest BCUT2D eigenvalue weighted by Gasteiger charge is -2.04. The van der Waals surface area contributed by atoms with Gasteiger partial charge < -0.3 is 0 Å². The second-order valence-electron chi connectivity index (χ2n) is 4.87.